The van der Waals surface area contributed by atoms with E-state index in [0.717, 1.165) is 59.9 Å². The summed E-state index contributed by atoms with van der Waals surface area (Å²) in [6.07, 6.45) is 6.36. The second kappa shape index (κ2) is 12.3. The first-order valence-electron chi connectivity index (χ1n) is 12.5. The number of carbonyl (C=O) groups excluding carboxylic acids is 2. The first kappa shape index (κ1) is 27.6. The number of anilines is 1. The monoisotopic (exact) mass is 517 g/mol. The molecular formula is C27H36FN3O4S. The number of benzene rings is 2. The average Bonchev–Trinajstić information content (AvgIpc) is 2.84. The lowest BCUT2D eigenvalue weighted by atomic mass is 9.95. The first-order valence-corrected chi connectivity index (χ1v) is 14.3. The Morgan fingerprint density at radius 1 is 1.06 bits per heavy atom. The smallest absolute Gasteiger partial charge is 0.244 e. The summed E-state index contributed by atoms with van der Waals surface area (Å²) in [5.41, 5.74) is 1.67. The molecule has 0 spiro atoms. The zero-order chi connectivity index (χ0) is 26.3. The van der Waals surface area contributed by atoms with Crippen LogP contribution in [0.15, 0.2) is 48.5 Å². The predicted molar refractivity (Wildman–Crippen MR) is 139 cm³/mol. The Labute approximate surface area is 213 Å². The molecule has 0 aromatic heterocycles. The van der Waals surface area contributed by atoms with Crippen molar-refractivity contribution in [2.75, 3.05) is 17.1 Å². The molecule has 1 aliphatic rings. The molecule has 0 bridgehead atoms. The molecule has 1 saturated carbocycles. The van der Waals surface area contributed by atoms with Crippen molar-refractivity contribution >= 4 is 27.5 Å². The molecule has 1 fully saturated rings. The predicted octanol–water partition coefficient (Wildman–Crippen LogP) is 4.16. The molecule has 3 rings (SSSR count). The minimum atomic E-state index is -3.98. The summed E-state index contributed by atoms with van der Waals surface area (Å²) in [5, 5.41) is 3.10. The second-order valence-corrected chi connectivity index (χ2v) is 11.4. The van der Waals surface area contributed by atoms with Gasteiger partial charge in [-0.15, -0.1) is 0 Å². The Hall–Kier alpha value is -2.94. The summed E-state index contributed by atoms with van der Waals surface area (Å²) in [6, 6.07) is 12.3. The van der Waals surface area contributed by atoms with E-state index >= 15 is 0 Å². The summed E-state index contributed by atoms with van der Waals surface area (Å²) < 4.78 is 40.5. The van der Waals surface area contributed by atoms with Gasteiger partial charge >= 0.3 is 0 Å². The Kier molecular flexibility index (Phi) is 9.48. The first-order chi connectivity index (χ1) is 17.1. The highest BCUT2D eigenvalue weighted by Crippen LogP contribution is 2.23. The number of rotatable bonds is 10. The molecule has 2 amide bonds. The van der Waals surface area contributed by atoms with Crippen LogP contribution in [0.25, 0.3) is 0 Å². The van der Waals surface area contributed by atoms with Gasteiger partial charge in [0, 0.05) is 12.6 Å². The number of aryl methyl sites for hydroxylation is 1. The van der Waals surface area contributed by atoms with Gasteiger partial charge in [0.05, 0.1) is 11.9 Å². The molecule has 9 heteroatoms. The van der Waals surface area contributed by atoms with Crippen LogP contribution in [-0.4, -0.2) is 50.0 Å². The largest absolute Gasteiger partial charge is 0.352 e. The van der Waals surface area contributed by atoms with Crippen molar-refractivity contribution in [2.45, 2.75) is 71.0 Å². The highest BCUT2D eigenvalue weighted by Gasteiger charge is 2.33. The third-order valence-corrected chi connectivity index (χ3v) is 7.74. The quantitative estimate of drug-likeness (QED) is 0.513. The van der Waals surface area contributed by atoms with Crippen LogP contribution in [0.2, 0.25) is 0 Å². The van der Waals surface area contributed by atoms with Gasteiger partial charge in [-0.3, -0.25) is 13.9 Å². The fourth-order valence-corrected chi connectivity index (χ4v) is 5.45. The van der Waals surface area contributed by atoms with Crippen LogP contribution in [0, 0.1) is 12.7 Å². The average molecular weight is 518 g/mol. The molecule has 0 aliphatic heterocycles. The fourth-order valence-electron chi connectivity index (χ4n) is 4.60. The van der Waals surface area contributed by atoms with Crippen LogP contribution in [0.4, 0.5) is 10.1 Å². The van der Waals surface area contributed by atoms with E-state index in [1.165, 1.54) is 23.1 Å². The van der Waals surface area contributed by atoms with Crippen molar-refractivity contribution < 1.29 is 22.4 Å². The van der Waals surface area contributed by atoms with Crippen LogP contribution in [-0.2, 0) is 26.2 Å². The number of hydrogen-bond donors (Lipinski definition) is 1. The summed E-state index contributed by atoms with van der Waals surface area (Å²) in [7, 11) is -3.98. The number of halogens is 1. The van der Waals surface area contributed by atoms with Crippen LogP contribution < -0.4 is 9.62 Å². The van der Waals surface area contributed by atoms with Crippen LogP contribution >= 0.6 is 0 Å². The Bertz CT molecular complexity index is 1150. The van der Waals surface area contributed by atoms with Gasteiger partial charge < -0.3 is 10.2 Å². The van der Waals surface area contributed by atoms with Gasteiger partial charge in [-0.25, -0.2) is 12.8 Å². The molecule has 36 heavy (non-hydrogen) atoms. The normalized spacial score (nSPS) is 15.2. The molecule has 1 aliphatic carbocycles. The molecule has 2 aromatic carbocycles. The molecule has 0 saturated heterocycles. The number of nitrogens with zero attached hydrogens (tertiary/aromatic N) is 2. The molecule has 7 nitrogen and oxygen atoms in total. The van der Waals surface area contributed by atoms with Crippen molar-refractivity contribution in [1.82, 2.24) is 10.2 Å². The van der Waals surface area contributed by atoms with E-state index in [4.69, 9.17) is 0 Å². The van der Waals surface area contributed by atoms with Gasteiger partial charge in [-0.2, -0.15) is 0 Å². The summed E-state index contributed by atoms with van der Waals surface area (Å²) in [5.74, 6) is -1.57. The van der Waals surface area contributed by atoms with Crippen LogP contribution in [0.3, 0.4) is 0 Å². The van der Waals surface area contributed by atoms with Gasteiger partial charge in [0.25, 0.3) is 0 Å². The highest BCUT2D eigenvalue weighted by molar-refractivity contribution is 7.92. The number of carbonyl (C=O) groups is 2. The van der Waals surface area contributed by atoms with E-state index in [1.54, 1.807) is 0 Å². The third kappa shape index (κ3) is 7.29. The van der Waals surface area contributed by atoms with Gasteiger partial charge in [0.2, 0.25) is 21.8 Å². The van der Waals surface area contributed by atoms with E-state index in [-0.39, 0.29) is 24.2 Å². The minimum absolute atomic E-state index is 0.0718. The standard InChI is InChI=1S/C27H36FN3O4S/c1-4-24(27(33)29-22-10-6-5-7-11-22)30(18-21-16-14-20(2)15-17-21)26(32)19-31(36(3,34)35)25-13-9-8-12-23(25)28/h8-9,12-17,22,24H,4-7,10-11,18-19H2,1-3H3,(H,29,33)/t24-/m1/s1. The number of sulfonamides is 1. The van der Waals surface area contributed by atoms with E-state index < -0.39 is 34.3 Å². The van der Waals surface area contributed by atoms with Gasteiger partial charge in [0.1, 0.15) is 18.4 Å². The number of hydrogen-bond acceptors (Lipinski definition) is 4. The van der Waals surface area contributed by atoms with Crippen molar-refractivity contribution in [1.29, 1.82) is 0 Å². The maximum Gasteiger partial charge on any atom is 0.244 e. The number of amides is 2. The molecule has 196 valence electrons. The molecule has 0 heterocycles. The van der Waals surface area contributed by atoms with Crippen molar-refractivity contribution in [3.05, 3.63) is 65.5 Å². The lowest BCUT2D eigenvalue weighted by Gasteiger charge is -2.34. The Morgan fingerprint density at radius 2 is 1.69 bits per heavy atom. The number of para-hydroxylation sites is 1. The molecule has 0 radical (unpaired) electrons. The molecule has 0 unspecified atom stereocenters. The molecule has 1 N–H and O–H groups in total. The Balaban J connectivity index is 1.91. The number of nitrogens with one attached hydrogen (secondary N) is 1. The molecule has 1 atom stereocenters. The molecular weight excluding hydrogens is 481 g/mol. The van der Waals surface area contributed by atoms with Gasteiger partial charge in [-0.05, 0) is 43.9 Å². The fraction of sp³-hybridized carbons (Fsp3) is 0.481. The van der Waals surface area contributed by atoms with Crippen molar-refractivity contribution in [2.24, 2.45) is 0 Å². The van der Waals surface area contributed by atoms with Gasteiger partial charge in [-0.1, -0.05) is 68.1 Å². The van der Waals surface area contributed by atoms with E-state index in [0.29, 0.717) is 6.42 Å². The summed E-state index contributed by atoms with van der Waals surface area (Å²) >= 11 is 0. The molecule has 2 aromatic rings. The van der Waals surface area contributed by atoms with Crippen LogP contribution in [0.5, 0.6) is 0 Å². The van der Waals surface area contributed by atoms with Crippen molar-refractivity contribution in [3.63, 3.8) is 0 Å². The van der Waals surface area contributed by atoms with Crippen molar-refractivity contribution in [3.8, 4) is 0 Å². The zero-order valence-corrected chi connectivity index (χ0v) is 22.1. The Morgan fingerprint density at radius 3 is 2.28 bits per heavy atom. The lowest BCUT2D eigenvalue weighted by Crippen LogP contribution is -2.54. The van der Waals surface area contributed by atoms with E-state index in [9.17, 15) is 22.4 Å². The third-order valence-electron chi connectivity index (χ3n) is 6.61. The van der Waals surface area contributed by atoms with E-state index in [2.05, 4.69) is 5.32 Å². The highest BCUT2D eigenvalue weighted by atomic mass is 32.2. The summed E-state index contributed by atoms with van der Waals surface area (Å²) in [4.78, 5) is 28.4. The zero-order valence-electron chi connectivity index (χ0n) is 21.2. The SMILES string of the molecule is CC[C@H](C(=O)NC1CCCCC1)N(Cc1ccc(C)cc1)C(=O)CN(c1ccccc1F)S(C)(=O)=O. The minimum Gasteiger partial charge on any atom is -0.352 e. The van der Waals surface area contributed by atoms with E-state index in [1.807, 2.05) is 38.1 Å². The maximum absolute atomic E-state index is 14.5. The van der Waals surface area contributed by atoms with Crippen LogP contribution in [0.1, 0.15) is 56.6 Å². The maximum atomic E-state index is 14.5. The van der Waals surface area contributed by atoms with Gasteiger partial charge in [0.15, 0.2) is 0 Å². The topological polar surface area (TPSA) is 86.8 Å². The summed E-state index contributed by atoms with van der Waals surface area (Å²) in [6.45, 7) is 3.30. The lowest BCUT2D eigenvalue weighted by molar-refractivity contribution is -0.140. The second-order valence-electron chi connectivity index (χ2n) is 9.50.